The Morgan fingerprint density at radius 1 is 1.03 bits per heavy atom. The van der Waals surface area contributed by atoms with Crippen LogP contribution in [0.1, 0.15) is 50.5 Å². The van der Waals surface area contributed by atoms with Crippen molar-refractivity contribution in [3.05, 3.63) is 88.2 Å². The molecule has 0 radical (unpaired) electrons. The summed E-state index contributed by atoms with van der Waals surface area (Å²) in [7, 11) is 0. The van der Waals surface area contributed by atoms with E-state index >= 15 is 0 Å². The summed E-state index contributed by atoms with van der Waals surface area (Å²) < 4.78 is 5.76. The van der Waals surface area contributed by atoms with Gasteiger partial charge in [0.25, 0.3) is 11.8 Å². The Morgan fingerprint density at radius 3 is 2.64 bits per heavy atom. The van der Waals surface area contributed by atoms with Gasteiger partial charge in [0.05, 0.1) is 16.2 Å². The fourth-order valence-corrected chi connectivity index (χ4v) is 5.72. The number of para-hydroxylation sites is 2. The van der Waals surface area contributed by atoms with Crippen molar-refractivity contribution in [2.45, 2.75) is 25.7 Å². The molecule has 0 aliphatic carbocycles. The average molecular weight is 497 g/mol. The van der Waals surface area contributed by atoms with Gasteiger partial charge in [0.2, 0.25) is 0 Å². The number of likely N-dealkylation sites (tertiary alicyclic amines) is 1. The molecule has 0 bridgehead atoms. The molecular weight excluding hydrogens is 472 g/mol. The third-order valence-electron chi connectivity index (χ3n) is 6.61. The average Bonchev–Trinajstić information content (AvgIpc) is 3.56. The molecule has 1 aliphatic rings. The molecule has 7 nitrogen and oxygen atoms in total. The fraction of sp³-hybridized carbons (Fsp3) is 0.214. The lowest BCUT2D eigenvalue weighted by Crippen LogP contribution is -2.37. The predicted octanol–water partition coefficient (Wildman–Crippen LogP) is 6.02. The molecule has 4 heterocycles. The molecule has 36 heavy (non-hydrogen) atoms. The third kappa shape index (κ3) is 4.24. The van der Waals surface area contributed by atoms with Gasteiger partial charge in [0.15, 0.2) is 5.76 Å². The maximum Gasteiger partial charge on any atom is 0.289 e. The molecule has 1 aliphatic heterocycles. The summed E-state index contributed by atoms with van der Waals surface area (Å²) in [5.74, 6) is 0.288. The molecule has 6 rings (SSSR count). The summed E-state index contributed by atoms with van der Waals surface area (Å²) in [6, 6.07) is 19.1. The number of hydrogen-bond donors (Lipinski definition) is 1. The number of carbonyl (C=O) groups excluding carboxylic acids is 2. The lowest BCUT2D eigenvalue weighted by atomic mass is 9.97. The summed E-state index contributed by atoms with van der Waals surface area (Å²) in [6.45, 7) is 3.17. The molecule has 2 amide bonds. The molecule has 3 aromatic heterocycles. The van der Waals surface area contributed by atoms with E-state index in [9.17, 15) is 9.59 Å². The maximum absolute atomic E-state index is 13.0. The standard InChI is InChI=1S/C28H24N4O3S/c1-17-14-22(20-7-3-4-8-21(20)29-17)30-26(33)23-16-36-27(31-23)18-10-12-32(13-11-18)28(34)25-15-19-6-2-5-9-24(19)35-25/h2-9,14-16,18H,10-13H2,1H3,(H,29,30,33). The van der Waals surface area contributed by atoms with Crippen molar-refractivity contribution in [3.63, 3.8) is 0 Å². The second kappa shape index (κ2) is 9.20. The number of aromatic nitrogens is 2. The van der Waals surface area contributed by atoms with Crippen LogP contribution in [-0.4, -0.2) is 39.8 Å². The molecule has 1 fully saturated rings. The first-order valence-electron chi connectivity index (χ1n) is 12.0. The van der Waals surface area contributed by atoms with Crippen LogP contribution in [0.3, 0.4) is 0 Å². The maximum atomic E-state index is 13.0. The smallest absolute Gasteiger partial charge is 0.289 e. The molecule has 5 aromatic rings. The minimum Gasteiger partial charge on any atom is -0.451 e. The van der Waals surface area contributed by atoms with Crippen LogP contribution in [0.2, 0.25) is 0 Å². The molecule has 8 heteroatoms. The van der Waals surface area contributed by atoms with E-state index in [1.165, 1.54) is 11.3 Å². The van der Waals surface area contributed by atoms with Crippen LogP contribution in [-0.2, 0) is 0 Å². The molecule has 0 spiro atoms. The molecular formula is C28H24N4O3S. The van der Waals surface area contributed by atoms with Gasteiger partial charge in [-0.1, -0.05) is 36.4 Å². The van der Waals surface area contributed by atoms with Crippen molar-refractivity contribution in [1.82, 2.24) is 14.9 Å². The molecule has 180 valence electrons. The molecule has 0 saturated carbocycles. The molecule has 0 unspecified atom stereocenters. The van der Waals surface area contributed by atoms with Crippen LogP contribution < -0.4 is 5.32 Å². The summed E-state index contributed by atoms with van der Waals surface area (Å²) in [5.41, 5.74) is 3.55. The highest BCUT2D eigenvalue weighted by molar-refractivity contribution is 7.10. The van der Waals surface area contributed by atoms with Gasteiger partial charge in [-0.3, -0.25) is 14.6 Å². The van der Waals surface area contributed by atoms with E-state index in [0.717, 1.165) is 51.1 Å². The van der Waals surface area contributed by atoms with Gasteiger partial charge in [0.1, 0.15) is 11.3 Å². The zero-order valence-corrected chi connectivity index (χ0v) is 20.5. The quantitative estimate of drug-likeness (QED) is 0.329. The van der Waals surface area contributed by atoms with E-state index in [-0.39, 0.29) is 17.7 Å². The SMILES string of the molecule is Cc1cc(NC(=O)c2csc(C3CCN(C(=O)c4cc5ccccc5o4)CC3)n2)c2ccccc2n1. The number of carbonyl (C=O) groups is 2. The Hall–Kier alpha value is -4.04. The van der Waals surface area contributed by atoms with Crippen molar-refractivity contribution >= 4 is 50.7 Å². The van der Waals surface area contributed by atoms with E-state index in [1.807, 2.05) is 77.9 Å². The van der Waals surface area contributed by atoms with Crippen LogP contribution in [0.25, 0.3) is 21.9 Å². The summed E-state index contributed by atoms with van der Waals surface area (Å²) in [4.78, 5) is 37.0. The van der Waals surface area contributed by atoms with Crippen molar-refractivity contribution in [2.75, 3.05) is 18.4 Å². The Labute approximate surface area is 211 Å². The Bertz CT molecular complexity index is 1560. The van der Waals surface area contributed by atoms with Crippen LogP contribution in [0.5, 0.6) is 0 Å². The zero-order valence-electron chi connectivity index (χ0n) is 19.7. The topological polar surface area (TPSA) is 88.3 Å². The van der Waals surface area contributed by atoms with Crippen LogP contribution in [0.15, 0.2) is 70.5 Å². The Kier molecular flexibility index (Phi) is 5.73. The fourth-order valence-electron chi connectivity index (χ4n) is 4.75. The Morgan fingerprint density at radius 2 is 1.81 bits per heavy atom. The minimum atomic E-state index is -0.231. The van der Waals surface area contributed by atoms with E-state index in [4.69, 9.17) is 4.42 Å². The van der Waals surface area contributed by atoms with Crippen LogP contribution >= 0.6 is 11.3 Å². The number of nitrogens with zero attached hydrogens (tertiary/aromatic N) is 3. The van der Waals surface area contributed by atoms with E-state index in [0.29, 0.717) is 24.5 Å². The third-order valence-corrected chi connectivity index (χ3v) is 7.62. The van der Waals surface area contributed by atoms with Gasteiger partial charge in [-0.15, -0.1) is 11.3 Å². The number of fused-ring (bicyclic) bond motifs is 2. The van der Waals surface area contributed by atoms with Crippen LogP contribution in [0.4, 0.5) is 5.69 Å². The van der Waals surface area contributed by atoms with Gasteiger partial charge in [-0.2, -0.15) is 0 Å². The number of nitrogens with one attached hydrogen (secondary N) is 1. The lowest BCUT2D eigenvalue weighted by molar-refractivity contribution is 0.0683. The monoisotopic (exact) mass is 496 g/mol. The van der Waals surface area contributed by atoms with E-state index in [2.05, 4.69) is 15.3 Å². The predicted molar refractivity (Wildman–Crippen MR) is 141 cm³/mol. The summed E-state index contributed by atoms with van der Waals surface area (Å²) in [5, 5.41) is 7.59. The first-order valence-corrected chi connectivity index (χ1v) is 12.8. The molecule has 2 aromatic carbocycles. The molecule has 1 saturated heterocycles. The number of furan rings is 1. The minimum absolute atomic E-state index is 0.0799. The highest BCUT2D eigenvalue weighted by atomic mass is 32.1. The van der Waals surface area contributed by atoms with Crippen molar-refractivity contribution < 1.29 is 14.0 Å². The highest BCUT2D eigenvalue weighted by Crippen LogP contribution is 2.32. The largest absolute Gasteiger partial charge is 0.451 e. The lowest BCUT2D eigenvalue weighted by Gasteiger charge is -2.30. The van der Waals surface area contributed by atoms with Gasteiger partial charge in [-0.05, 0) is 44.0 Å². The molecule has 0 atom stereocenters. The van der Waals surface area contributed by atoms with Crippen molar-refractivity contribution in [3.8, 4) is 0 Å². The number of rotatable bonds is 4. The Balaban J connectivity index is 1.11. The van der Waals surface area contributed by atoms with E-state index < -0.39 is 0 Å². The van der Waals surface area contributed by atoms with Gasteiger partial charge in [-0.25, -0.2) is 4.98 Å². The molecule has 1 N–H and O–H groups in total. The highest BCUT2D eigenvalue weighted by Gasteiger charge is 2.28. The van der Waals surface area contributed by atoms with Gasteiger partial charge < -0.3 is 14.6 Å². The zero-order chi connectivity index (χ0) is 24.6. The van der Waals surface area contributed by atoms with Crippen molar-refractivity contribution in [1.29, 1.82) is 0 Å². The first kappa shape index (κ1) is 22.4. The number of hydrogen-bond acceptors (Lipinski definition) is 6. The second-order valence-electron chi connectivity index (χ2n) is 9.07. The number of amides is 2. The summed E-state index contributed by atoms with van der Waals surface area (Å²) >= 11 is 1.50. The van der Waals surface area contributed by atoms with E-state index in [1.54, 1.807) is 0 Å². The van der Waals surface area contributed by atoms with Gasteiger partial charge in [0, 0.05) is 40.9 Å². The number of thiazole rings is 1. The number of anilines is 1. The number of piperidine rings is 1. The van der Waals surface area contributed by atoms with Crippen LogP contribution in [0, 0.1) is 6.92 Å². The number of pyridine rings is 1. The van der Waals surface area contributed by atoms with Crippen molar-refractivity contribution in [2.24, 2.45) is 0 Å². The number of benzene rings is 2. The first-order chi connectivity index (χ1) is 17.5. The normalized spacial score (nSPS) is 14.4. The van der Waals surface area contributed by atoms with Gasteiger partial charge >= 0.3 is 0 Å². The second-order valence-corrected chi connectivity index (χ2v) is 9.96. The number of aryl methyl sites for hydroxylation is 1. The summed E-state index contributed by atoms with van der Waals surface area (Å²) in [6.07, 6.45) is 1.60.